The smallest absolute Gasteiger partial charge is 0.161 e. The Morgan fingerprint density at radius 3 is 2.65 bits per heavy atom. The minimum absolute atomic E-state index is 0.0246. The van der Waals surface area contributed by atoms with Gasteiger partial charge < -0.3 is 10.1 Å². The van der Waals surface area contributed by atoms with E-state index >= 15 is 0 Å². The SMILES string of the molecule is CNC(c1ccnc(C)c1)c1c(OC)cnn1C(C)C. The highest BCUT2D eigenvalue weighted by Gasteiger charge is 2.23. The Bertz CT molecular complexity index is 577. The average molecular weight is 274 g/mol. The summed E-state index contributed by atoms with van der Waals surface area (Å²) in [5.74, 6) is 0.799. The van der Waals surface area contributed by atoms with Crippen molar-refractivity contribution in [3.63, 3.8) is 0 Å². The van der Waals surface area contributed by atoms with E-state index in [0.717, 1.165) is 22.7 Å². The molecule has 0 aliphatic carbocycles. The van der Waals surface area contributed by atoms with Crippen LogP contribution < -0.4 is 10.1 Å². The second kappa shape index (κ2) is 6.05. The maximum absolute atomic E-state index is 5.47. The highest BCUT2D eigenvalue weighted by molar-refractivity contribution is 5.36. The predicted octanol–water partition coefficient (Wildman–Crippen LogP) is 2.48. The van der Waals surface area contributed by atoms with Crippen molar-refractivity contribution in [2.24, 2.45) is 0 Å². The van der Waals surface area contributed by atoms with Gasteiger partial charge in [0.2, 0.25) is 0 Å². The largest absolute Gasteiger partial charge is 0.493 e. The van der Waals surface area contributed by atoms with E-state index < -0.39 is 0 Å². The molecule has 0 fully saturated rings. The number of aryl methyl sites for hydroxylation is 1. The molecule has 0 aliphatic rings. The maximum Gasteiger partial charge on any atom is 0.161 e. The van der Waals surface area contributed by atoms with Crippen LogP contribution in [-0.2, 0) is 0 Å². The zero-order valence-corrected chi connectivity index (χ0v) is 12.7. The van der Waals surface area contributed by atoms with Gasteiger partial charge in [0.25, 0.3) is 0 Å². The Hall–Kier alpha value is -1.88. The molecule has 2 aromatic rings. The minimum Gasteiger partial charge on any atom is -0.493 e. The monoisotopic (exact) mass is 274 g/mol. The molecule has 20 heavy (non-hydrogen) atoms. The van der Waals surface area contributed by atoms with E-state index in [-0.39, 0.29) is 12.1 Å². The van der Waals surface area contributed by atoms with Gasteiger partial charge in [0.05, 0.1) is 19.3 Å². The van der Waals surface area contributed by atoms with Crippen molar-refractivity contribution < 1.29 is 4.74 Å². The first kappa shape index (κ1) is 14.5. The summed E-state index contributed by atoms with van der Waals surface area (Å²) < 4.78 is 7.47. The molecule has 0 spiro atoms. The Morgan fingerprint density at radius 1 is 1.35 bits per heavy atom. The number of pyridine rings is 1. The molecule has 0 aliphatic heterocycles. The van der Waals surface area contributed by atoms with E-state index in [1.165, 1.54) is 0 Å². The molecule has 108 valence electrons. The van der Waals surface area contributed by atoms with E-state index in [0.29, 0.717) is 0 Å². The molecule has 2 rings (SSSR count). The molecule has 2 aromatic heterocycles. The van der Waals surface area contributed by atoms with E-state index in [1.807, 2.05) is 30.9 Å². The molecule has 5 heteroatoms. The van der Waals surface area contributed by atoms with Crippen LogP contribution in [0, 0.1) is 6.92 Å². The molecule has 1 atom stereocenters. The summed E-state index contributed by atoms with van der Waals surface area (Å²) >= 11 is 0. The van der Waals surface area contributed by atoms with Gasteiger partial charge in [-0.15, -0.1) is 0 Å². The molecular weight excluding hydrogens is 252 g/mol. The predicted molar refractivity (Wildman–Crippen MR) is 79.0 cm³/mol. The molecule has 5 nitrogen and oxygen atoms in total. The number of aromatic nitrogens is 3. The Labute approximate surface area is 120 Å². The number of rotatable bonds is 5. The summed E-state index contributed by atoms with van der Waals surface area (Å²) in [4.78, 5) is 4.26. The van der Waals surface area contributed by atoms with Crippen LogP contribution in [0.5, 0.6) is 5.75 Å². The number of hydrogen-bond donors (Lipinski definition) is 1. The number of hydrogen-bond acceptors (Lipinski definition) is 4. The van der Waals surface area contributed by atoms with Crippen LogP contribution in [-0.4, -0.2) is 28.9 Å². The lowest BCUT2D eigenvalue weighted by Gasteiger charge is -2.21. The molecule has 0 saturated carbocycles. The Balaban J connectivity index is 2.54. The van der Waals surface area contributed by atoms with E-state index in [2.05, 4.69) is 35.3 Å². The van der Waals surface area contributed by atoms with Crippen molar-refractivity contribution in [1.29, 1.82) is 0 Å². The van der Waals surface area contributed by atoms with E-state index in [9.17, 15) is 0 Å². The molecule has 0 radical (unpaired) electrons. The summed E-state index contributed by atoms with van der Waals surface area (Å²) in [6.07, 6.45) is 3.60. The minimum atomic E-state index is 0.0246. The van der Waals surface area contributed by atoms with Gasteiger partial charge in [-0.1, -0.05) is 0 Å². The lowest BCUT2D eigenvalue weighted by atomic mass is 10.0. The molecule has 0 bridgehead atoms. The van der Waals surface area contributed by atoms with Gasteiger partial charge >= 0.3 is 0 Å². The molecule has 0 saturated heterocycles. The fraction of sp³-hybridized carbons (Fsp3) is 0.467. The summed E-state index contributed by atoms with van der Waals surface area (Å²) in [5, 5.41) is 7.79. The number of ether oxygens (including phenoxy) is 1. The van der Waals surface area contributed by atoms with Crippen LogP contribution in [0.2, 0.25) is 0 Å². The van der Waals surface area contributed by atoms with Crippen molar-refractivity contribution >= 4 is 0 Å². The van der Waals surface area contributed by atoms with E-state index in [4.69, 9.17) is 4.74 Å². The third-order valence-electron chi connectivity index (χ3n) is 3.32. The van der Waals surface area contributed by atoms with Gasteiger partial charge in [0.15, 0.2) is 5.75 Å². The van der Waals surface area contributed by atoms with Crippen molar-refractivity contribution in [3.05, 3.63) is 41.5 Å². The van der Waals surface area contributed by atoms with Gasteiger partial charge in [0.1, 0.15) is 5.69 Å². The van der Waals surface area contributed by atoms with Gasteiger partial charge in [-0.3, -0.25) is 9.67 Å². The second-order valence-corrected chi connectivity index (χ2v) is 5.09. The van der Waals surface area contributed by atoms with E-state index in [1.54, 1.807) is 13.3 Å². The molecular formula is C15H22N4O. The van der Waals surface area contributed by atoms with Crippen molar-refractivity contribution in [1.82, 2.24) is 20.1 Å². The van der Waals surface area contributed by atoms with Crippen LogP contribution in [0.4, 0.5) is 0 Å². The third kappa shape index (κ3) is 2.67. The highest BCUT2D eigenvalue weighted by atomic mass is 16.5. The first-order valence-corrected chi connectivity index (χ1v) is 6.79. The maximum atomic E-state index is 5.47. The molecule has 1 N–H and O–H groups in total. The first-order chi connectivity index (χ1) is 9.58. The normalized spacial score (nSPS) is 12.7. The molecule has 1 unspecified atom stereocenters. The van der Waals surface area contributed by atoms with Crippen LogP contribution in [0.3, 0.4) is 0 Å². The van der Waals surface area contributed by atoms with Gasteiger partial charge in [-0.2, -0.15) is 5.10 Å². The average Bonchev–Trinajstić information content (AvgIpc) is 2.84. The third-order valence-corrected chi connectivity index (χ3v) is 3.32. The van der Waals surface area contributed by atoms with Gasteiger partial charge in [0, 0.05) is 17.9 Å². The van der Waals surface area contributed by atoms with Crippen LogP contribution in [0.1, 0.15) is 42.9 Å². The fourth-order valence-electron chi connectivity index (χ4n) is 2.41. The number of methoxy groups -OCH3 is 1. The lowest BCUT2D eigenvalue weighted by molar-refractivity contribution is 0.396. The van der Waals surface area contributed by atoms with Gasteiger partial charge in [-0.05, 0) is 45.5 Å². The van der Waals surface area contributed by atoms with Gasteiger partial charge in [-0.25, -0.2) is 0 Å². The second-order valence-electron chi connectivity index (χ2n) is 5.09. The van der Waals surface area contributed by atoms with Crippen LogP contribution in [0.15, 0.2) is 24.5 Å². The zero-order valence-electron chi connectivity index (χ0n) is 12.7. The lowest BCUT2D eigenvalue weighted by Crippen LogP contribution is -2.23. The zero-order chi connectivity index (χ0) is 14.7. The standard InChI is InChI=1S/C15H22N4O/c1-10(2)19-15(13(20-5)9-18-19)14(16-4)12-6-7-17-11(3)8-12/h6-10,14,16H,1-5H3. The summed E-state index contributed by atoms with van der Waals surface area (Å²) in [7, 11) is 3.62. The van der Waals surface area contributed by atoms with Crippen molar-refractivity contribution in [2.45, 2.75) is 32.9 Å². The van der Waals surface area contributed by atoms with Crippen molar-refractivity contribution in [2.75, 3.05) is 14.2 Å². The summed E-state index contributed by atoms with van der Waals surface area (Å²) in [5.41, 5.74) is 3.19. The number of nitrogens with one attached hydrogen (secondary N) is 1. The topological polar surface area (TPSA) is 52.0 Å². The Kier molecular flexibility index (Phi) is 4.39. The van der Waals surface area contributed by atoms with Crippen molar-refractivity contribution in [3.8, 4) is 5.75 Å². The molecule has 0 aromatic carbocycles. The van der Waals surface area contributed by atoms with Crippen LogP contribution in [0.25, 0.3) is 0 Å². The highest BCUT2D eigenvalue weighted by Crippen LogP contribution is 2.31. The molecule has 2 heterocycles. The van der Waals surface area contributed by atoms with Crippen LogP contribution >= 0.6 is 0 Å². The summed E-state index contributed by atoms with van der Waals surface area (Å²) in [6.45, 7) is 6.22. The Morgan fingerprint density at radius 2 is 2.10 bits per heavy atom. The quantitative estimate of drug-likeness (QED) is 0.910. The summed E-state index contributed by atoms with van der Waals surface area (Å²) in [6, 6.07) is 4.40. The molecule has 0 amide bonds. The number of nitrogens with zero attached hydrogens (tertiary/aromatic N) is 3. The first-order valence-electron chi connectivity index (χ1n) is 6.79. The fourth-order valence-corrected chi connectivity index (χ4v) is 2.41.